The van der Waals surface area contributed by atoms with Gasteiger partial charge in [0.05, 0.1) is 0 Å². The van der Waals surface area contributed by atoms with Crippen LogP contribution in [-0.2, 0) is 16.0 Å². The fourth-order valence-electron chi connectivity index (χ4n) is 1.80. The van der Waals surface area contributed by atoms with Crippen molar-refractivity contribution in [2.45, 2.75) is 32.6 Å². The minimum absolute atomic E-state index is 0.00662. The molecule has 0 fully saturated rings. The molecule has 1 atom stereocenters. The van der Waals surface area contributed by atoms with Crippen molar-refractivity contribution in [3.05, 3.63) is 34.3 Å². The average Bonchev–Trinajstić information content (AvgIpc) is 2.40. The fraction of sp³-hybridized carbons (Fsp3) is 0.467. The van der Waals surface area contributed by atoms with Crippen molar-refractivity contribution in [3.8, 4) is 0 Å². The van der Waals surface area contributed by atoms with E-state index < -0.39 is 5.97 Å². The van der Waals surface area contributed by atoms with Crippen molar-refractivity contribution in [2.24, 2.45) is 5.92 Å². The monoisotopic (exact) mass is 341 g/mol. The molecular weight excluding hydrogens is 322 g/mol. The predicted octanol–water partition coefficient (Wildman–Crippen LogP) is 3.00. The van der Waals surface area contributed by atoms with Gasteiger partial charge in [-0.1, -0.05) is 35.0 Å². The molecule has 0 aliphatic heterocycles. The highest BCUT2D eigenvalue weighted by Crippen LogP contribution is 2.13. The Balaban J connectivity index is 2.22. The second-order valence-corrected chi connectivity index (χ2v) is 5.89. The predicted molar refractivity (Wildman–Crippen MR) is 81.5 cm³/mol. The first-order valence-electron chi connectivity index (χ1n) is 6.70. The number of carbonyl (C=O) groups excluding carboxylic acids is 1. The van der Waals surface area contributed by atoms with Crippen LogP contribution >= 0.6 is 15.9 Å². The third-order valence-electron chi connectivity index (χ3n) is 3.03. The lowest BCUT2D eigenvalue weighted by Gasteiger charge is -2.11. The number of amides is 1. The molecule has 0 aliphatic carbocycles. The van der Waals surface area contributed by atoms with Gasteiger partial charge in [0.1, 0.15) is 0 Å². The van der Waals surface area contributed by atoms with Crippen molar-refractivity contribution in [1.82, 2.24) is 5.32 Å². The molecule has 1 rings (SSSR count). The molecule has 1 amide bonds. The number of halogens is 1. The standard InChI is InChI=1S/C15H20BrNO3/c1-11(5-8-15(19)20)10-17-14(18)7-6-12-3-2-4-13(16)9-12/h2-4,9,11H,5-8,10H2,1H3,(H,17,18)(H,19,20). The molecule has 0 spiro atoms. The van der Waals surface area contributed by atoms with E-state index in [1.807, 2.05) is 31.2 Å². The van der Waals surface area contributed by atoms with E-state index >= 15 is 0 Å². The average molecular weight is 342 g/mol. The molecule has 1 aromatic rings. The third-order valence-corrected chi connectivity index (χ3v) is 3.52. The van der Waals surface area contributed by atoms with Gasteiger partial charge in [-0.15, -0.1) is 0 Å². The minimum atomic E-state index is -0.794. The summed E-state index contributed by atoms with van der Waals surface area (Å²) in [6.45, 7) is 2.47. The summed E-state index contributed by atoms with van der Waals surface area (Å²) in [6, 6.07) is 7.90. The molecule has 0 saturated carbocycles. The summed E-state index contributed by atoms with van der Waals surface area (Å²) < 4.78 is 1.01. The Bertz CT molecular complexity index is 462. The lowest BCUT2D eigenvalue weighted by Crippen LogP contribution is -2.28. The zero-order valence-electron chi connectivity index (χ0n) is 11.6. The number of hydrogen-bond donors (Lipinski definition) is 2. The highest BCUT2D eigenvalue weighted by molar-refractivity contribution is 9.10. The van der Waals surface area contributed by atoms with Crippen molar-refractivity contribution in [2.75, 3.05) is 6.54 Å². The molecule has 2 N–H and O–H groups in total. The summed E-state index contributed by atoms with van der Waals surface area (Å²) in [5, 5.41) is 11.4. The van der Waals surface area contributed by atoms with Gasteiger partial charge in [0.15, 0.2) is 0 Å². The first-order valence-corrected chi connectivity index (χ1v) is 7.49. The number of rotatable bonds is 8. The summed E-state index contributed by atoms with van der Waals surface area (Å²) >= 11 is 3.40. The fourth-order valence-corrected chi connectivity index (χ4v) is 2.25. The van der Waals surface area contributed by atoms with Gasteiger partial charge in [0.25, 0.3) is 0 Å². The third kappa shape index (κ3) is 7.28. The molecule has 0 aromatic heterocycles. The normalized spacial score (nSPS) is 11.9. The summed E-state index contributed by atoms with van der Waals surface area (Å²) in [6.07, 6.45) is 1.88. The lowest BCUT2D eigenvalue weighted by atomic mass is 10.1. The minimum Gasteiger partial charge on any atom is -0.481 e. The van der Waals surface area contributed by atoms with Crippen LogP contribution in [0.15, 0.2) is 28.7 Å². The van der Waals surface area contributed by atoms with Gasteiger partial charge in [0.2, 0.25) is 5.91 Å². The maximum atomic E-state index is 11.7. The van der Waals surface area contributed by atoms with E-state index in [1.165, 1.54) is 0 Å². The van der Waals surface area contributed by atoms with Crippen LogP contribution in [0.5, 0.6) is 0 Å². The first kappa shape index (κ1) is 16.7. The van der Waals surface area contributed by atoms with E-state index in [4.69, 9.17) is 5.11 Å². The molecule has 0 radical (unpaired) electrons. The van der Waals surface area contributed by atoms with Crippen LogP contribution in [0.3, 0.4) is 0 Å². The molecular formula is C15H20BrNO3. The van der Waals surface area contributed by atoms with E-state index in [2.05, 4.69) is 21.2 Å². The van der Waals surface area contributed by atoms with Gasteiger partial charge >= 0.3 is 5.97 Å². The number of aryl methyl sites for hydroxylation is 1. The molecule has 5 heteroatoms. The number of carboxylic acid groups (broad SMARTS) is 1. The Labute approximate surface area is 127 Å². The molecule has 20 heavy (non-hydrogen) atoms. The summed E-state index contributed by atoms with van der Waals surface area (Å²) in [5.41, 5.74) is 1.12. The quantitative estimate of drug-likeness (QED) is 0.763. The Morgan fingerprint density at radius 2 is 2.10 bits per heavy atom. The first-order chi connectivity index (χ1) is 9.47. The molecule has 110 valence electrons. The van der Waals surface area contributed by atoms with Gasteiger partial charge in [-0.05, 0) is 36.5 Å². The molecule has 0 bridgehead atoms. The van der Waals surface area contributed by atoms with Crippen LogP contribution in [-0.4, -0.2) is 23.5 Å². The van der Waals surface area contributed by atoms with Gasteiger partial charge in [-0.2, -0.15) is 0 Å². The zero-order chi connectivity index (χ0) is 15.0. The van der Waals surface area contributed by atoms with Crippen LogP contribution < -0.4 is 5.32 Å². The maximum Gasteiger partial charge on any atom is 0.303 e. The molecule has 0 aliphatic rings. The smallest absolute Gasteiger partial charge is 0.303 e. The van der Waals surface area contributed by atoms with Crippen molar-refractivity contribution in [3.63, 3.8) is 0 Å². The van der Waals surface area contributed by atoms with Crippen LogP contribution in [0.4, 0.5) is 0 Å². The Hall–Kier alpha value is -1.36. The van der Waals surface area contributed by atoms with Gasteiger partial charge in [-0.25, -0.2) is 0 Å². The number of benzene rings is 1. The Morgan fingerprint density at radius 1 is 1.35 bits per heavy atom. The summed E-state index contributed by atoms with van der Waals surface area (Å²) in [5.74, 6) is -0.606. The number of carboxylic acids is 1. The topological polar surface area (TPSA) is 66.4 Å². The molecule has 0 heterocycles. The molecule has 1 aromatic carbocycles. The van der Waals surface area contributed by atoms with E-state index in [0.29, 0.717) is 25.8 Å². The van der Waals surface area contributed by atoms with E-state index in [1.54, 1.807) is 0 Å². The molecule has 1 unspecified atom stereocenters. The van der Waals surface area contributed by atoms with Crippen LogP contribution in [0, 0.1) is 5.92 Å². The zero-order valence-corrected chi connectivity index (χ0v) is 13.1. The number of nitrogens with one attached hydrogen (secondary N) is 1. The lowest BCUT2D eigenvalue weighted by molar-refractivity contribution is -0.137. The SMILES string of the molecule is CC(CCC(=O)O)CNC(=O)CCc1cccc(Br)c1. The highest BCUT2D eigenvalue weighted by atomic mass is 79.9. The van der Waals surface area contributed by atoms with E-state index in [9.17, 15) is 9.59 Å². The Morgan fingerprint density at radius 3 is 2.75 bits per heavy atom. The van der Waals surface area contributed by atoms with Gasteiger partial charge in [-0.3, -0.25) is 9.59 Å². The van der Waals surface area contributed by atoms with E-state index in [0.717, 1.165) is 10.0 Å². The number of hydrogen-bond acceptors (Lipinski definition) is 2. The molecule has 0 saturated heterocycles. The van der Waals surface area contributed by atoms with Crippen LogP contribution in [0.2, 0.25) is 0 Å². The van der Waals surface area contributed by atoms with Crippen LogP contribution in [0.1, 0.15) is 31.7 Å². The second-order valence-electron chi connectivity index (χ2n) is 4.97. The number of aliphatic carboxylic acids is 1. The number of carbonyl (C=O) groups is 2. The van der Waals surface area contributed by atoms with Crippen molar-refractivity contribution < 1.29 is 14.7 Å². The Kier molecular flexibility index (Phi) is 7.30. The van der Waals surface area contributed by atoms with Gasteiger partial charge in [0, 0.05) is 23.9 Å². The second kappa shape index (κ2) is 8.74. The summed E-state index contributed by atoms with van der Waals surface area (Å²) in [7, 11) is 0. The molecule has 4 nitrogen and oxygen atoms in total. The van der Waals surface area contributed by atoms with Crippen molar-refractivity contribution >= 4 is 27.8 Å². The largest absolute Gasteiger partial charge is 0.481 e. The van der Waals surface area contributed by atoms with Gasteiger partial charge < -0.3 is 10.4 Å². The van der Waals surface area contributed by atoms with Crippen LogP contribution in [0.25, 0.3) is 0 Å². The summed E-state index contributed by atoms with van der Waals surface area (Å²) in [4.78, 5) is 22.1. The highest BCUT2D eigenvalue weighted by Gasteiger charge is 2.08. The maximum absolute atomic E-state index is 11.7. The van der Waals surface area contributed by atoms with E-state index in [-0.39, 0.29) is 18.2 Å². The van der Waals surface area contributed by atoms with Crippen molar-refractivity contribution in [1.29, 1.82) is 0 Å².